The largest absolute Gasteiger partial charge is 0.374 e. The lowest BCUT2D eigenvalue weighted by atomic mass is 9.97. The van der Waals surface area contributed by atoms with Crippen molar-refractivity contribution in [3.05, 3.63) is 89.9 Å². The van der Waals surface area contributed by atoms with Gasteiger partial charge in [-0.15, -0.1) is 0 Å². The standard InChI is InChI=1S/C23H22N4O/c1-15-22(20-7-3-4-8-21(20)25-15)23(17-6-5-13-24-14-17)27-19-11-9-18(10-12-19)26-16(2)28/h3-14,23,25,27H,1-2H3,(H,26,28). The fourth-order valence-electron chi connectivity index (χ4n) is 3.56. The van der Waals surface area contributed by atoms with Crippen LogP contribution in [0.25, 0.3) is 10.9 Å². The van der Waals surface area contributed by atoms with Gasteiger partial charge in [0.1, 0.15) is 0 Å². The molecule has 140 valence electrons. The molecule has 0 radical (unpaired) electrons. The predicted octanol–water partition coefficient (Wildman–Crippen LogP) is 5.03. The van der Waals surface area contributed by atoms with Gasteiger partial charge in [-0.3, -0.25) is 9.78 Å². The van der Waals surface area contributed by atoms with Crippen molar-refractivity contribution in [1.82, 2.24) is 9.97 Å². The maximum atomic E-state index is 11.2. The average molecular weight is 370 g/mol. The van der Waals surface area contributed by atoms with Gasteiger partial charge in [0.2, 0.25) is 5.91 Å². The molecule has 0 aliphatic rings. The van der Waals surface area contributed by atoms with Crippen LogP contribution in [0.2, 0.25) is 0 Å². The Morgan fingerprint density at radius 3 is 2.46 bits per heavy atom. The van der Waals surface area contributed by atoms with E-state index in [1.54, 1.807) is 6.20 Å². The van der Waals surface area contributed by atoms with E-state index in [0.29, 0.717) is 0 Å². The molecule has 0 aliphatic heterocycles. The van der Waals surface area contributed by atoms with Crippen LogP contribution in [0.5, 0.6) is 0 Å². The first-order chi connectivity index (χ1) is 13.6. The van der Waals surface area contributed by atoms with Gasteiger partial charge in [0.15, 0.2) is 0 Å². The minimum absolute atomic E-state index is 0.0588. The monoisotopic (exact) mass is 370 g/mol. The molecular weight excluding hydrogens is 348 g/mol. The van der Waals surface area contributed by atoms with E-state index in [4.69, 9.17) is 0 Å². The Hall–Kier alpha value is -3.60. The zero-order valence-electron chi connectivity index (χ0n) is 15.9. The Bertz CT molecular complexity index is 1100. The number of amides is 1. The molecule has 3 N–H and O–H groups in total. The van der Waals surface area contributed by atoms with Crippen molar-refractivity contribution in [3.63, 3.8) is 0 Å². The molecular formula is C23H22N4O. The highest BCUT2D eigenvalue weighted by atomic mass is 16.1. The first-order valence-electron chi connectivity index (χ1n) is 9.23. The molecule has 5 heteroatoms. The minimum Gasteiger partial charge on any atom is -0.374 e. The van der Waals surface area contributed by atoms with Crippen molar-refractivity contribution in [2.75, 3.05) is 10.6 Å². The first-order valence-corrected chi connectivity index (χ1v) is 9.23. The Morgan fingerprint density at radius 2 is 1.75 bits per heavy atom. The van der Waals surface area contributed by atoms with Gasteiger partial charge in [0, 0.05) is 52.9 Å². The topological polar surface area (TPSA) is 69.8 Å². The van der Waals surface area contributed by atoms with Crippen molar-refractivity contribution in [2.45, 2.75) is 19.9 Å². The van der Waals surface area contributed by atoms with Crippen LogP contribution in [0.1, 0.15) is 29.8 Å². The summed E-state index contributed by atoms with van der Waals surface area (Å²) >= 11 is 0. The summed E-state index contributed by atoms with van der Waals surface area (Å²) in [5.74, 6) is -0.0802. The summed E-state index contributed by atoms with van der Waals surface area (Å²) in [6.07, 6.45) is 3.68. The van der Waals surface area contributed by atoms with Crippen molar-refractivity contribution in [3.8, 4) is 0 Å². The normalized spacial score (nSPS) is 11.9. The summed E-state index contributed by atoms with van der Waals surface area (Å²) in [5.41, 5.74) is 6.27. The van der Waals surface area contributed by atoms with Crippen molar-refractivity contribution in [2.24, 2.45) is 0 Å². The third kappa shape index (κ3) is 3.60. The van der Waals surface area contributed by atoms with Crippen LogP contribution in [-0.4, -0.2) is 15.9 Å². The van der Waals surface area contributed by atoms with E-state index < -0.39 is 0 Å². The van der Waals surface area contributed by atoms with E-state index in [0.717, 1.165) is 28.1 Å². The number of rotatable bonds is 5. The number of para-hydroxylation sites is 1. The van der Waals surface area contributed by atoms with E-state index >= 15 is 0 Å². The van der Waals surface area contributed by atoms with Crippen LogP contribution in [0.4, 0.5) is 11.4 Å². The molecule has 2 aromatic carbocycles. The van der Waals surface area contributed by atoms with Gasteiger partial charge in [-0.25, -0.2) is 0 Å². The zero-order valence-corrected chi connectivity index (χ0v) is 15.9. The second kappa shape index (κ2) is 7.56. The smallest absolute Gasteiger partial charge is 0.221 e. The lowest BCUT2D eigenvalue weighted by Gasteiger charge is -2.21. The van der Waals surface area contributed by atoms with E-state index in [1.807, 2.05) is 42.6 Å². The Kier molecular flexibility index (Phi) is 4.81. The quantitative estimate of drug-likeness (QED) is 0.461. The van der Waals surface area contributed by atoms with E-state index in [9.17, 15) is 4.79 Å². The maximum absolute atomic E-state index is 11.2. The number of nitrogens with zero attached hydrogens (tertiary/aromatic N) is 1. The fourth-order valence-corrected chi connectivity index (χ4v) is 3.56. The van der Waals surface area contributed by atoms with E-state index in [2.05, 4.69) is 51.8 Å². The van der Waals surface area contributed by atoms with Crippen molar-refractivity contribution >= 4 is 28.2 Å². The number of carbonyl (C=O) groups is 1. The predicted molar refractivity (Wildman–Crippen MR) is 113 cm³/mol. The number of benzene rings is 2. The third-order valence-electron chi connectivity index (χ3n) is 4.77. The Morgan fingerprint density at radius 1 is 1.00 bits per heavy atom. The fraction of sp³-hybridized carbons (Fsp3) is 0.130. The lowest BCUT2D eigenvalue weighted by Crippen LogP contribution is -2.13. The molecule has 0 saturated heterocycles. The third-order valence-corrected chi connectivity index (χ3v) is 4.77. The second-order valence-corrected chi connectivity index (χ2v) is 6.83. The number of aromatic amines is 1. The van der Waals surface area contributed by atoms with Gasteiger partial charge >= 0.3 is 0 Å². The van der Waals surface area contributed by atoms with Crippen molar-refractivity contribution < 1.29 is 4.79 Å². The average Bonchev–Trinajstić information content (AvgIpc) is 3.03. The molecule has 1 amide bonds. The van der Waals surface area contributed by atoms with Gasteiger partial charge < -0.3 is 15.6 Å². The van der Waals surface area contributed by atoms with Gasteiger partial charge in [-0.1, -0.05) is 24.3 Å². The number of hydrogen-bond donors (Lipinski definition) is 3. The molecule has 2 heterocycles. The summed E-state index contributed by atoms with van der Waals surface area (Å²) in [7, 11) is 0. The SMILES string of the molecule is CC(=O)Nc1ccc(NC(c2cccnc2)c2c(C)[nH]c3ccccc23)cc1. The van der Waals surface area contributed by atoms with Crippen LogP contribution >= 0.6 is 0 Å². The number of H-pyrrole nitrogens is 1. The number of aryl methyl sites for hydroxylation is 1. The molecule has 2 aromatic heterocycles. The van der Waals surface area contributed by atoms with Gasteiger partial charge in [-0.05, 0) is 48.9 Å². The molecule has 4 rings (SSSR count). The van der Waals surface area contributed by atoms with Crippen LogP contribution in [-0.2, 0) is 4.79 Å². The van der Waals surface area contributed by atoms with Crippen LogP contribution in [0.15, 0.2) is 73.1 Å². The summed E-state index contributed by atoms with van der Waals surface area (Å²) < 4.78 is 0. The minimum atomic E-state index is -0.0802. The molecule has 0 bridgehead atoms. The second-order valence-electron chi connectivity index (χ2n) is 6.83. The Balaban J connectivity index is 1.75. The number of hydrogen-bond acceptors (Lipinski definition) is 3. The van der Waals surface area contributed by atoms with Crippen LogP contribution in [0, 0.1) is 6.92 Å². The molecule has 1 unspecified atom stereocenters. The lowest BCUT2D eigenvalue weighted by molar-refractivity contribution is -0.114. The molecule has 28 heavy (non-hydrogen) atoms. The number of anilines is 2. The Labute approximate surface area is 163 Å². The number of fused-ring (bicyclic) bond motifs is 1. The number of aromatic nitrogens is 2. The highest BCUT2D eigenvalue weighted by Gasteiger charge is 2.21. The van der Waals surface area contributed by atoms with Gasteiger partial charge in [0.05, 0.1) is 6.04 Å². The van der Waals surface area contributed by atoms with Gasteiger partial charge in [-0.2, -0.15) is 0 Å². The number of nitrogens with one attached hydrogen (secondary N) is 3. The first kappa shape index (κ1) is 17.8. The molecule has 4 aromatic rings. The number of carbonyl (C=O) groups excluding carboxylic acids is 1. The molecule has 0 aliphatic carbocycles. The summed E-state index contributed by atoms with van der Waals surface area (Å²) in [5, 5.41) is 7.63. The summed E-state index contributed by atoms with van der Waals surface area (Å²) in [4.78, 5) is 19.0. The zero-order chi connectivity index (χ0) is 19.5. The van der Waals surface area contributed by atoms with Gasteiger partial charge in [0.25, 0.3) is 0 Å². The molecule has 5 nitrogen and oxygen atoms in total. The highest BCUT2D eigenvalue weighted by Crippen LogP contribution is 2.34. The molecule has 0 fully saturated rings. The van der Waals surface area contributed by atoms with E-state index in [1.165, 1.54) is 17.9 Å². The summed E-state index contributed by atoms with van der Waals surface area (Å²) in [6.45, 7) is 3.60. The van der Waals surface area contributed by atoms with Crippen molar-refractivity contribution in [1.29, 1.82) is 0 Å². The molecule has 0 saturated carbocycles. The highest BCUT2D eigenvalue weighted by molar-refractivity contribution is 5.89. The number of pyridine rings is 1. The molecule has 0 spiro atoms. The molecule has 1 atom stereocenters. The van der Waals surface area contributed by atoms with Crippen LogP contribution < -0.4 is 10.6 Å². The maximum Gasteiger partial charge on any atom is 0.221 e. The van der Waals surface area contributed by atoms with Crippen LogP contribution in [0.3, 0.4) is 0 Å². The summed E-state index contributed by atoms with van der Waals surface area (Å²) in [6, 6.07) is 20.0. The van der Waals surface area contributed by atoms with E-state index in [-0.39, 0.29) is 11.9 Å².